The molecule has 1 aromatic carbocycles. The van der Waals surface area contributed by atoms with Crippen molar-refractivity contribution in [3.05, 3.63) is 39.7 Å². The summed E-state index contributed by atoms with van der Waals surface area (Å²) in [5, 5.41) is 1.07. The Morgan fingerprint density at radius 1 is 1.14 bits per heavy atom. The van der Waals surface area contributed by atoms with E-state index in [1.165, 1.54) is 11.0 Å². The molecule has 7 nitrogen and oxygen atoms in total. The monoisotopic (exact) mass is 469 g/mol. The summed E-state index contributed by atoms with van der Waals surface area (Å²) in [6.07, 6.45) is 4.55. The molecule has 2 amide bonds. The van der Waals surface area contributed by atoms with Gasteiger partial charge in [0.25, 0.3) is 0 Å². The third-order valence-electron chi connectivity index (χ3n) is 4.93. The molecule has 2 aliphatic heterocycles. The molecule has 0 aliphatic carbocycles. The summed E-state index contributed by atoms with van der Waals surface area (Å²) in [5.74, 6) is -0.399. The Hall–Kier alpha value is -1.71. The molecule has 1 aromatic rings. The molecule has 0 radical (unpaired) electrons. The standard InChI is InChI=1S/C19H24BrN3O4S/c20-16-7-5-15(6-8-16)9-13-28(26,27)21-17-4-3-12-23(19(17)25)14-18(24)22-10-1-2-11-22/h5-9,13,17,21H,1-4,10-12,14H2/t17-/m0/s1. The normalized spacial score (nSPS) is 20.9. The number of nitrogens with zero attached hydrogens (tertiary/aromatic N) is 2. The molecule has 152 valence electrons. The van der Waals surface area contributed by atoms with Crippen LogP contribution in [0.15, 0.2) is 34.1 Å². The van der Waals surface area contributed by atoms with E-state index >= 15 is 0 Å². The molecule has 2 saturated heterocycles. The van der Waals surface area contributed by atoms with Crippen molar-refractivity contribution >= 4 is 43.8 Å². The Morgan fingerprint density at radius 2 is 1.82 bits per heavy atom. The fourth-order valence-corrected chi connectivity index (χ4v) is 4.71. The van der Waals surface area contributed by atoms with Gasteiger partial charge in [0, 0.05) is 29.5 Å². The number of benzene rings is 1. The van der Waals surface area contributed by atoms with Crippen molar-refractivity contribution in [3.63, 3.8) is 0 Å². The summed E-state index contributed by atoms with van der Waals surface area (Å²) in [4.78, 5) is 28.2. The predicted octanol–water partition coefficient (Wildman–Crippen LogP) is 1.95. The van der Waals surface area contributed by atoms with Gasteiger partial charge in [-0.15, -0.1) is 0 Å². The van der Waals surface area contributed by atoms with Crippen molar-refractivity contribution in [2.75, 3.05) is 26.2 Å². The molecule has 2 heterocycles. The van der Waals surface area contributed by atoms with E-state index in [0.717, 1.165) is 41.4 Å². The molecule has 0 aromatic heterocycles. The minimum atomic E-state index is -3.78. The molecule has 0 unspecified atom stereocenters. The van der Waals surface area contributed by atoms with Crippen LogP contribution in [0.25, 0.3) is 6.08 Å². The summed E-state index contributed by atoms with van der Waals surface area (Å²) in [6, 6.07) is 6.38. The summed E-state index contributed by atoms with van der Waals surface area (Å²) in [5.41, 5.74) is 0.737. The summed E-state index contributed by atoms with van der Waals surface area (Å²) in [7, 11) is -3.78. The highest BCUT2D eigenvalue weighted by Crippen LogP contribution is 2.16. The molecule has 28 heavy (non-hydrogen) atoms. The summed E-state index contributed by atoms with van der Waals surface area (Å²) in [6.45, 7) is 1.96. The Kier molecular flexibility index (Phi) is 6.90. The summed E-state index contributed by atoms with van der Waals surface area (Å²) >= 11 is 3.33. The highest BCUT2D eigenvalue weighted by atomic mass is 79.9. The van der Waals surface area contributed by atoms with Gasteiger partial charge in [-0.2, -0.15) is 4.72 Å². The molecular formula is C19H24BrN3O4S. The number of amides is 2. The second kappa shape index (κ2) is 9.19. The molecule has 0 spiro atoms. The van der Waals surface area contributed by atoms with E-state index in [9.17, 15) is 18.0 Å². The lowest BCUT2D eigenvalue weighted by atomic mass is 10.1. The van der Waals surface area contributed by atoms with Gasteiger partial charge in [0.15, 0.2) is 0 Å². The number of piperidine rings is 1. The van der Waals surface area contributed by atoms with Crippen molar-refractivity contribution in [2.45, 2.75) is 31.7 Å². The maximum atomic E-state index is 12.7. The van der Waals surface area contributed by atoms with Crippen LogP contribution in [0.4, 0.5) is 0 Å². The van der Waals surface area contributed by atoms with E-state index in [0.29, 0.717) is 19.4 Å². The van der Waals surface area contributed by atoms with Gasteiger partial charge in [0.05, 0.1) is 6.54 Å². The largest absolute Gasteiger partial charge is 0.341 e. The predicted molar refractivity (Wildman–Crippen MR) is 111 cm³/mol. The Balaban J connectivity index is 1.59. The molecule has 1 N–H and O–H groups in total. The van der Waals surface area contributed by atoms with E-state index in [1.54, 1.807) is 17.0 Å². The van der Waals surface area contributed by atoms with E-state index in [4.69, 9.17) is 0 Å². The first kappa shape index (κ1) is 21.0. The molecule has 0 bridgehead atoms. The van der Waals surface area contributed by atoms with Crippen LogP contribution in [-0.2, 0) is 19.6 Å². The first-order valence-corrected chi connectivity index (χ1v) is 11.7. The Labute approximate surface area is 173 Å². The molecule has 0 saturated carbocycles. The summed E-state index contributed by atoms with van der Waals surface area (Å²) < 4.78 is 28.1. The number of sulfonamides is 1. The van der Waals surface area contributed by atoms with Gasteiger partial charge in [0.1, 0.15) is 6.04 Å². The van der Waals surface area contributed by atoms with E-state index < -0.39 is 16.1 Å². The number of hydrogen-bond donors (Lipinski definition) is 1. The van der Waals surface area contributed by atoms with Gasteiger partial charge in [-0.1, -0.05) is 28.1 Å². The fourth-order valence-electron chi connectivity index (χ4n) is 3.42. The SMILES string of the molecule is O=C(CN1CCC[C@H](NS(=O)(=O)C=Cc2ccc(Br)cc2)C1=O)N1CCCC1. The highest BCUT2D eigenvalue weighted by Gasteiger charge is 2.33. The first-order chi connectivity index (χ1) is 13.3. The van der Waals surface area contributed by atoms with Crippen LogP contribution in [0.2, 0.25) is 0 Å². The maximum Gasteiger partial charge on any atom is 0.242 e. The second-order valence-electron chi connectivity index (χ2n) is 7.06. The van der Waals surface area contributed by atoms with Gasteiger partial charge in [0.2, 0.25) is 21.8 Å². The van der Waals surface area contributed by atoms with E-state index in [-0.39, 0.29) is 18.4 Å². The molecule has 2 fully saturated rings. The number of nitrogens with one attached hydrogen (secondary N) is 1. The van der Waals surface area contributed by atoms with Gasteiger partial charge in [-0.25, -0.2) is 8.42 Å². The number of likely N-dealkylation sites (tertiary alicyclic amines) is 2. The lowest BCUT2D eigenvalue weighted by molar-refractivity contribution is -0.142. The Bertz CT molecular complexity index is 848. The smallest absolute Gasteiger partial charge is 0.242 e. The van der Waals surface area contributed by atoms with Crippen LogP contribution in [-0.4, -0.2) is 62.3 Å². The van der Waals surface area contributed by atoms with Crippen molar-refractivity contribution in [1.82, 2.24) is 14.5 Å². The number of hydrogen-bond acceptors (Lipinski definition) is 4. The minimum absolute atomic E-state index is 0.0196. The molecule has 1 atom stereocenters. The third kappa shape index (κ3) is 5.65. The van der Waals surface area contributed by atoms with Crippen molar-refractivity contribution in [2.24, 2.45) is 0 Å². The number of carbonyl (C=O) groups excluding carboxylic acids is 2. The quantitative estimate of drug-likeness (QED) is 0.689. The molecule has 9 heteroatoms. The number of halogens is 1. The highest BCUT2D eigenvalue weighted by molar-refractivity contribution is 9.10. The molecule has 2 aliphatic rings. The topological polar surface area (TPSA) is 86.8 Å². The molecular weight excluding hydrogens is 446 g/mol. The average Bonchev–Trinajstić information content (AvgIpc) is 3.19. The van der Waals surface area contributed by atoms with Gasteiger partial charge in [-0.3, -0.25) is 9.59 Å². The Morgan fingerprint density at radius 3 is 2.50 bits per heavy atom. The number of carbonyl (C=O) groups is 2. The fraction of sp³-hybridized carbons (Fsp3) is 0.474. The van der Waals surface area contributed by atoms with E-state index in [1.807, 2.05) is 12.1 Å². The van der Waals surface area contributed by atoms with Crippen molar-refractivity contribution < 1.29 is 18.0 Å². The lowest BCUT2D eigenvalue weighted by Crippen LogP contribution is -2.54. The van der Waals surface area contributed by atoms with Crippen LogP contribution in [0.3, 0.4) is 0 Å². The van der Waals surface area contributed by atoms with Crippen LogP contribution >= 0.6 is 15.9 Å². The first-order valence-electron chi connectivity index (χ1n) is 9.37. The number of rotatable bonds is 6. The minimum Gasteiger partial charge on any atom is -0.341 e. The zero-order valence-corrected chi connectivity index (χ0v) is 17.9. The van der Waals surface area contributed by atoms with E-state index in [2.05, 4.69) is 20.7 Å². The second-order valence-corrected chi connectivity index (χ2v) is 9.57. The van der Waals surface area contributed by atoms with Crippen molar-refractivity contribution in [3.8, 4) is 0 Å². The van der Waals surface area contributed by atoms with Gasteiger partial charge < -0.3 is 9.80 Å². The van der Waals surface area contributed by atoms with Crippen LogP contribution < -0.4 is 4.72 Å². The van der Waals surface area contributed by atoms with Crippen LogP contribution in [0.1, 0.15) is 31.2 Å². The maximum absolute atomic E-state index is 12.7. The third-order valence-corrected chi connectivity index (χ3v) is 6.57. The van der Waals surface area contributed by atoms with Gasteiger partial charge >= 0.3 is 0 Å². The zero-order valence-electron chi connectivity index (χ0n) is 15.5. The average molecular weight is 470 g/mol. The van der Waals surface area contributed by atoms with Crippen molar-refractivity contribution in [1.29, 1.82) is 0 Å². The van der Waals surface area contributed by atoms with Crippen LogP contribution in [0, 0.1) is 0 Å². The zero-order chi connectivity index (χ0) is 20.1. The molecule has 3 rings (SSSR count). The van der Waals surface area contributed by atoms with Crippen LogP contribution in [0.5, 0.6) is 0 Å². The lowest BCUT2D eigenvalue weighted by Gasteiger charge is -2.32. The van der Waals surface area contributed by atoms with Gasteiger partial charge in [-0.05, 0) is 49.5 Å².